The highest BCUT2D eigenvalue weighted by Crippen LogP contribution is 2.24. The monoisotopic (exact) mass is 275 g/mol. The summed E-state index contributed by atoms with van der Waals surface area (Å²) in [7, 11) is 0. The van der Waals surface area contributed by atoms with Gasteiger partial charge < -0.3 is 10.1 Å². The lowest BCUT2D eigenvalue weighted by molar-refractivity contribution is 0.195. The van der Waals surface area contributed by atoms with Gasteiger partial charge in [-0.3, -0.25) is 0 Å². The number of nitrogens with one attached hydrogen (secondary N) is 1. The summed E-state index contributed by atoms with van der Waals surface area (Å²) >= 11 is 5.64. The fourth-order valence-electron chi connectivity index (χ4n) is 1.92. The summed E-state index contributed by atoms with van der Waals surface area (Å²) in [5, 5.41) is 3.12. The van der Waals surface area contributed by atoms with Crippen molar-refractivity contribution in [1.29, 1.82) is 0 Å². The van der Waals surface area contributed by atoms with E-state index in [-0.39, 0.29) is 6.10 Å². The van der Waals surface area contributed by atoms with Crippen LogP contribution in [0.25, 0.3) is 0 Å². The third kappa shape index (κ3) is 4.58. The predicted molar refractivity (Wildman–Crippen MR) is 79.6 cm³/mol. The second-order valence-corrected chi connectivity index (χ2v) is 4.52. The van der Waals surface area contributed by atoms with E-state index in [1.165, 1.54) is 5.56 Å². The van der Waals surface area contributed by atoms with E-state index in [1.807, 2.05) is 48.5 Å². The summed E-state index contributed by atoms with van der Waals surface area (Å²) in [5.74, 6) is 0.891. The first-order chi connectivity index (χ1) is 9.40. The molecule has 0 spiro atoms. The molecule has 0 aliphatic rings. The van der Waals surface area contributed by atoms with Gasteiger partial charge in [-0.25, -0.2) is 0 Å². The van der Waals surface area contributed by atoms with Crippen LogP contribution in [-0.2, 0) is 0 Å². The Morgan fingerprint density at radius 2 is 1.58 bits per heavy atom. The molecule has 2 aromatic carbocycles. The summed E-state index contributed by atoms with van der Waals surface area (Å²) in [6, 6.07) is 20.6. The molecule has 0 amide bonds. The molecule has 2 aromatic rings. The molecule has 2 rings (SSSR count). The van der Waals surface area contributed by atoms with E-state index >= 15 is 0 Å². The van der Waals surface area contributed by atoms with Crippen molar-refractivity contribution in [2.45, 2.75) is 12.5 Å². The lowest BCUT2D eigenvalue weighted by atomic mass is 10.1. The van der Waals surface area contributed by atoms with Crippen LogP contribution < -0.4 is 10.1 Å². The van der Waals surface area contributed by atoms with E-state index in [1.54, 1.807) is 0 Å². The molecule has 0 saturated heterocycles. The summed E-state index contributed by atoms with van der Waals surface area (Å²) in [6.07, 6.45) is 0.922. The molecule has 1 atom stereocenters. The van der Waals surface area contributed by atoms with Crippen molar-refractivity contribution >= 4 is 11.6 Å². The van der Waals surface area contributed by atoms with Gasteiger partial charge in [-0.1, -0.05) is 48.5 Å². The molecule has 0 saturated carbocycles. The second kappa shape index (κ2) is 7.82. The van der Waals surface area contributed by atoms with E-state index in [9.17, 15) is 0 Å². The van der Waals surface area contributed by atoms with Gasteiger partial charge >= 0.3 is 0 Å². The van der Waals surface area contributed by atoms with Crippen LogP contribution in [-0.4, -0.2) is 12.5 Å². The van der Waals surface area contributed by atoms with Crippen LogP contribution in [0.15, 0.2) is 60.7 Å². The summed E-state index contributed by atoms with van der Waals surface area (Å²) in [6.45, 7) is 0.829. The topological polar surface area (TPSA) is 21.3 Å². The number of benzene rings is 2. The number of rotatable bonds is 7. The molecule has 2 nitrogen and oxygen atoms in total. The van der Waals surface area contributed by atoms with Gasteiger partial charge in [0.15, 0.2) is 0 Å². The maximum Gasteiger partial charge on any atom is 0.125 e. The molecular formula is C16H18ClNO. The Morgan fingerprint density at radius 1 is 0.947 bits per heavy atom. The smallest absolute Gasteiger partial charge is 0.125 e. The third-order valence-corrected chi connectivity index (χ3v) is 3.06. The molecule has 0 aliphatic carbocycles. The Kier molecular flexibility index (Phi) is 5.73. The number of alkyl halides is 1. The fourth-order valence-corrected chi connectivity index (χ4v) is 2.06. The average molecular weight is 276 g/mol. The minimum absolute atomic E-state index is 0.0410. The predicted octanol–water partition coefficient (Wildman–Crippen LogP) is 3.98. The standard InChI is InChI=1S/C16H18ClNO/c17-13-18-12-11-16(14-7-3-1-4-8-14)19-15-9-5-2-6-10-15/h1-10,16,18H,11-13H2/t16-/m1/s1. The Hall–Kier alpha value is -1.51. The lowest BCUT2D eigenvalue weighted by Gasteiger charge is -2.19. The SMILES string of the molecule is ClCNCC[C@@H](Oc1ccccc1)c1ccccc1. The van der Waals surface area contributed by atoms with Gasteiger partial charge in [-0.2, -0.15) is 0 Å². The third-order valence-electron chi connectivity index (χ3n) is 2.87. The minimum atomic E-state index is 0.0410. The van der Waals surface area contributed by atoms with Crippen molar-refractivity contribution in [1.82, 2.24) is 5.32 Å². The number of halogens is 1. The maximum absolute atomic E-state index is 6.06. The largest absolute Gasteiger partial charge is 0.486 e. The zero-order chi connectivity index (χ0) is 13.3. The molecule has 100 valence electrons. The van der Waals surface area contributed by atoms with Crippen molar-refractivity contribution in [3.05, 3.63) is 66.2 Å². The first-order valence-electron chi connectivity index (χ1n) is 6.43. The molecule has 19 heavy (non-hydrogen) atoms. The van der Waals surface area contributed by atoms with Crippen LogP contribution >= 0.6 is 11.6 Å². The van der Waals surface area contributed by atoms with Crippen LogP contribution in [0, 0.1) is 0 Å². The van der Waals surface area contributed by atoms with Crippen molar-refractivity contribution in [2.24, 2.45) is 0 Å². The molecule has 1 N–H and O–H groups in total. The zero-order valence-corrected chi connectivity index (χ0v) is 11.5. The minimum Gasteiger partial charge on any atom is -0.486 e. The number of para-hydroxylation sites is 1. The molecule has 0 bridgehead atoms. The normalized spacial score (nSPS) is 12.1. The van der Waals surface area contributed by atoms with Crippen molar-refractivity contribution in [2.75, 3.05) is 12.5 Å². The summed E-state index contributed by atoms with van der Waals surface area (Å²) in [4.78, 5) is 0. The van der Waals surface area contributed by atoms with Crippen molar-refractivity contribution in [3.8, 4) is 5.75 Å². The maximum atomic E-state index is 6.06. The quantitative estimate of drug-likeness (QED) is 0.469. The Balaban J connectivity index is 2.06. The molecule has 0 heterocycles. The molecular weight excluding hydrogens is 258 g/mol. The van der Waals surface area contributed by atoms with E-state index in [4.69, 9.17) is 16.3 Å². The number of hydrogen-bond acceptors (Lipinski definition) is 2. The van der Waals surface area contributed by atoms with Gasteiger partial charge in [0.25, 0.3) is 0 Å². The van der Waals surface area contributed by atoms with Crippen LogP contribution in [0.2, 0.25) is 0 Å². The first-order valence-corrected chi connectivity index (χ1v) is 6.97. The first kappa shape index (κ1) is 13.9. The van der Waals surface area contributed by atoms with Gasteiger partial charge in [0.1, 0.15) is 11.9 Å². The zero-order valence-electron chi connectivity index (χ0n) is 10.8. The van der Waals surface area contributed by atoms with E-state index < -0.39 is 0 Å². The highest BCUT2D eigenvalue weighted by molar-refractivity contribution is 6.17. The van der Waals surface area contributed by atoms with Gasteiger partial charge in [-0.05, 0) is 17.7 Å². The Labute approximate surface area is 119 Å². The van der Waals surface area contributed by atoms with Crippen molar-refractivity contribution in [3.63, 3.8) is 0 Å². The molecule has 3 heteroatoms. The number of ether oxygens (including phenoxy) is 1. The lowest BCUT2D eigenvalue weighted by Crippen LogP contribution is -2.18. The van der Waals surface area contributed by atoms with E-state index in [0.717, 1.165) is 18.7 Å². The van der Waals surface area contributed by atoms with Gasteiger partial charge in [0.05, 0.1) is 6.00 Å². The highest BCUT2D eigenvalue weighted by Gasteiger charge is 2.12. The number of hydrogen-bond donors (Lipinski definition) is 1. The Bertz CT molecular complexity index is 461. The molecule has 0 aliphatic heterocycles. The van der Waals surface area contributed by atoms with Crippen LogP contribution in [0.1, 0.15) is 18.1 Å². The van der Waals surface area contributed by atoms with Gasteiger partial charge in [-0.15, -0.1) is 11.6 Å². The highest BCUT2D eigenvalue weighted by atomic mass is 35.5. The van der Waals surface area contributed by atoms with Crippen LogP contribution in [0.4, 0.5) is 0 Å². The average Bonchev–Trinajstić information content (AvgIpc) is 2.48. The fraction of sp³-hybridized carbons (Fsp3) is 0.250. The molecule has 0 fully saturated rings. The van der Waals surface area contributed by atoms with E-state index in [2.05, 4.69) is 17.4 Å². The van der Waals surface area contributed by atoms with Crippen LogP contribution in [0.5, 0.6) is 5.75 Å². The summed E-state index contributed by atoms with van der Waals surface area (Å²) < 4.78 is 6.06. The molecule has 0 aromatic heterocycles. The van der Waals surface area contributed by atoms with Gasteiger partial charge in [0.2, 0.25) is 0 Å². The van der Waals surface area contributed by atoms with Gasteiger partial charge in [0, 0.05) is 13.0 Å². The van der Waals surface area contributed by atoms with E-state index in [0.29, 0.717) is 6.00 Å². The second-order valence-electron chi connectivity index (χ2n) is 4.25. The molecule has 0 radical (unpaired) electrons. The summed E-state index contributed by atoms with van der Waals surface area (Å²) in [5.41, 5.74) is 1.18. The van der Waals surface area contributed by atoms with Crippen LogP contribution in [0.3, 0.4) is 0 Å². The molecule has 0 unspecified atom stereocenters. The van der Waals surface area contributed by atoms with Crippen molar-refractivity contribution < 1.29 is 4.74 Å². The Morgan fingerprint density at radius 3 is 2.21 bits per heavy atom.